The zero-order valence-corrected chi connectivity index (χ0v) is 22.2. The van der Waals surface area contributed by atoms with Crippen LogP contribution in [0.15, 0.2) is 41.6 Å². The fourth-order valence-corrected chi connectivity index (χ4v) is 4.51. The lowest BCUT2D eigenvalue weighted by molar-refractivity contribution is -0.113. The van der Waals surface area contributed by atoms with E-state index in [1.807, 2.05) is 25.3 Å². The average molecular weight is 559 g/mol. The number of rotatable bonds is 9. The number of thioether (sulfide) groups is 1. The summed E-state index contributed by atoms with van der Waals surface area (Å²) in [7, 11) is 0. The van der Waals surface area contributed by atoms with Gasteiger partial charge >= 0.3 is 0 Å². The third kappa shape index (κ3) is 6.88. The molecule has 0 aliphatic rings. The van der Waals surface area contributed by atoms with Gasteiger partial charge in [0.05, 0.1) is 26.9 Å². The van der Waals surface area contributed by atoms with Gasteiger partial charge in [-0.15, -0.1) is 10.2 Å². The summed E-state index contributed by atoms with van der Waals surface area (Å²) >= 11 is 19.0. The van der Waals surface area contributed by atoms with E-state index in [1.165, 1.54) is 36.0 Å². The molecular formula is C23H23Cl3FN5O2S. The zero-order chi connectivity index (χ0) is 25.7. The van der Waals surface area contributed by atoms with Crippen LogP contribution >= 0.6 is 46.6 Å². The number of benzene rings is 2. The van der Waals surface area contributed by atoms with Gasteiger partial charge in [0, 0.05) is 17.8 Å². The number of hydrogen-bond donors (Lipinski definition) is 2. The molecule has 3 aromatic rings. The predicted molar refractivity (Wildman–Crippen MR) is 138 cm³/mol. The molecule has 35 heavy (non-hydrogen) atoms. The van der Waals surface area contributed by atoms with Crippen LogP contribution in [0.1, 0.15) is 43.0 Å². The Morgan fingerprint density at radius 1 is 1.06 bits per heavy atom. The zero-order valence-electron chi connectivity index (χ0n) is 19.1. The Bertz CT molecular complexity index is 1240. The minimum Gasteiger partial charge on any atom is -0.342 e. The molecule has 1 atom stereocenters. The number of aromatic nitrogens is 3. The van der Waals surface area contributed by atoms with E-state index in [1.54, 1.807) is 12.1 Å². The standard InChI is InChI=1S/C23H23Cl3FN5O2S/c1-4-32-21(20(12(2)3)29-22(34)13-5-7-15(24)16(25)9-13)30-31-23(32)35-11-19(33)28-14-6-8-18(27)17(26)10-14/h5-10,12,20H,4,11H2,1-3H3,(H,28,33)(H,29,34)/t20-/m0/s1. The predicted octanol–water partition coefficient (Wildman–Crippen LogP) is 6.26. The first-order valence-corrected chi connectivity index (χ1v) is 12.8. The number of carbonyl (C=O) groups excluding carboxylic acids is 2. The molecule has 3 rings (SSSR count). The molecule has 2 aromatic carbocycles. The lowest BCUT2D eigenvalue weighted by Gasteiger charge is -2.22. The number of hydrogen-bond acceptors (Lipinski definition) is 5. The molecule has 1 heterocycles. The number of nitrogens with one attached hydrogen (secondary N) is 2. The lowest BCUT2D eigenvalue weighted by Crippen LogP contribution is -2.33. The summed E-state index contributed by atoms with van der Waals surface area (Å²) in [5.41, 5.74) is 0.768. The molecule has 0 bridgehead atoms. The summed E-state index contributed by atoms with van der Waals surface area (Å²) in [5, 5.41) is 15.3. The topological polar surface area (TPSA) is 88.9 Å². The maximum Gasteiger partial charge on any atom is 0.251 e. The average Bonchev–Trinajstić information content (AvgIpc) is 3.22. The van der Waals surface area contributed by atoms with E-state index >= 15 is 0 Å². The normalized spacial score (nSPS) is 12.0. The molecular weight excluding hydrogens is 536 g/mol. The molecule has 0 radical (unpaired) electrons. The quantitative estimate of drug-likeness (QED) is 0.303. The molecule has 0 spiro atoms. The molecule has 0 saturated carbocycles. The molecule has 0 aliphatic heterocycles. The molecule has 2 amide bonds. The minimum atomic E-state index is -0.562. The number of carbonyl (C=O) groups is 2. The second-order valence-corrected chi connectivity index (χ2v) is 10.0. The number of amides is 2. The summed E-state index contributed by atoms with van der Waals surface area (Å²) < 4.78 is 15.2. The second kappa shape index (κ2) is 12.1. The van der Waals surface area contributed by atoms with Crippen molar-refractivity contribution in [2.24, 2.45) is 5.92 Å². The molecule has 0 fully saturated rings. The van der Waals surface area contributed by atoms with Gasteiger partial charge in [-0.25, -0.2) is 4.39 Å². The van der Waals surface area contributed by atoms with Gasteiger partial charge in [-0.05, 0) is 49.2 Å². The Hall–Kier alpha value is -2.33. The van der Waals surface area contributed by atoms with E-state index < -0.39 is 11.9 Å². The SMILES string of the molecule is CCn1c(SCC(=O)Nc2ccc(F)c(Cl)c2)nnc1[C@@H](NC(=O)c1ccc(Cl)c(Cl)c1)C(C)C. The van der Waals surface area contributed by atoms with E-state index in [0.29, 0.717) is 33.8 Å². The van der Waals surface area contributed by atoms with Crippen molar-refractivity contribution in [1.29, 1.82) is 0 Å². The molecule has 7 nitrogen and oxygen atoms in total. The van der Waals surface area contributed by atoms with Crippen LogP contribution in [0.2, 0.25) is 15.1 Å². The highest BCUT2D eigenvalue weighted by Crippen LogP contribution is 2.27. The first-order valence-electron chi connectivity index (χ1n) is 10.7. The van der Waals surface area contributed by atoms with Gasteiger partial charge in [0.15, 0.2) is 11.0 Å². The van der Waals surface area contributed by atoms with Gasteiger partial charge in [-0.3, -0.25) is 9.59 Å². The minimum absolute atomic E-state index is 0.000551. The third-order valence-corrected chi connectivity index (χ3v) is 7.01. The number of anilines is 1. The van der Waals surface area contributed by atoms with Crippen LogP contribution < -0.4 is 10.6 Å². The van der Waals surface area contributed by atoms with Crippen LogP contribution in [0.3, 0.4) is 0 Å². The molecule has 0 saturated heterocycles. The van der Waals surface area contributed by atoms with Crippen LogP contribution in [-0.4, -0.2) is 32.3 Å². The van der Waals surface area contributed by atoms with Crippen molar-refractivity contribution in [3.8, 4) is 0 Å². The van der Waals surface area contributed by atoms with Crippen molar-refractivity contribution in [3.63, 3.8) is 0 Å². The Kier molecular flexibility index (Phi) is 9.40. The van der Waals surface area contributed by atoms with Gasteiger partial charge in [-0.2, -0.15) is 0 Å². The van der Waals surface area contributed by atoms with Gasteiger partial charge in [0.25, 0.3) is 5.91 Å². The van der Waals surface area contributed by atoms with Crippen LogP contribution in [0.4, 0.5) is 10.1 Å². The Morgan fingerprint density at radius 3 is 2.43 bits per heavy atom. The Labute approximate surface area is 221 Å². The van der Waals surface area contributed by atoms with E-state index in [4.69, 9.17) is 34.8 Å². The molecule has 186 valence electrons. The maximum atomic E-state index is 13.3. The van der Waals surface area contributed by atoms with Gasteiger partial charge in [0.2, 0.25) is 5.91 Å². The van der Waals surface area contributed by atoms with Crippen molar-refractivity contribution < 1.29 is 14.0 Å². The van der Waals surface area contributed by atoms with Crippen LogP contribution in [0, 0.1) is 11.7 Å². The van der Waals surface area contributed by atoms with Crippen molar-refractivity contribution in [3.05, 3.63) is 68.7 Å². The number of halogens is 4. The van der Waals surface area contributed by atoms with Gasteiger partial charge in [-0.1, -0.05) is 60.4 Å². The summed E-state index contributed by atoms with van der Waals surface area (Å²) in [6, 6.07) is 8.19. The third-order valence-electron chi connectivity index (χ3n) is 5.01. The van der Waals surface area contributed by atoms with Crippen molar-refractivity contribution >= 4 is 64.1 Å². The molecule has 2 N–H and O–H groups in total. The summed E-state index contributed by atoms with van der Waals surface area (Å²) in [6.07, 6.45) is 0. The van der Waals surface area contributed by atoms with E-state index in [9.17, 15) is 14.0 Å². The van der Waals surface area contributed by atoms with E-state index in [-0.39, 0.29) is 33.5 Å². The van der Waals surface area contributed by atoms with Gasteiger partial charge in [0.1, 0.15) is 5.82 Å². The second-order valence-electron chi connectivity index (χ2n) is 7.87. The van der Waals surface area contributed by atoms with Gasteiger partial charge < -0.3 is 15.2 Å². The molecule has 0 aliphatic carbocycles. The highest BCUT2D eigenvalue weighted by Gasteiger charge is 2.26. The Balaban J connectivity index is 1.72. The lowest BCUT2D eigenvalue weighted by atomic mass is 10.0. The van der Waals surface area contributed by atoms with Crippen LogP contribution in [0.25, 0.3) is 0 Å². The highest BCUT2D eigenvalue weighted by atomic mass is 35.5. The number of nitrogens with zero attached hydrogens (tertiary/aromatic N) is 3. The first-order chi connectivity index (χ1) is 16.6. The fourth-order valence-electron chi connectivity index (χ4n) is 3.23. The van der Waals surface area contributed by atoms with Crippen molar-refractivity contribution in [2.45, 2.75) is 38.5 Å². The van der Waals surface area contributed by atoms with Crippen LogP contribution in [0.5, 0.6) is 0 Å². The highest BCUT2D eigenvalue weighted by molar-refractivity contribution is 7.99. The van der Waals surface area contributed by atoms with Crippen molar-refractivity contribution in [2.75, 3.05) is 11.1 Å². The first kappa shape index (κ1) is 27.3. The maximum absolute atomic E-state index is 13.3. The molecule has 0 unspecified atom stereocenters. The Morgan fingerprint density at radius 2 is 1.80 bits per heavy atom. The van der Waals surface area contributed by atoms with E-state index in [0.717, 1.165) is 0 Å². The van der Waals surface area contributed by atoms with Crippen LogP contribution in [-0.2, 0) is 11.3 Å². The summed E-state index contributed by atoms with van der Waals surface area (Å²) in [4.78, 5) is 25.3. The van der Waals surface area contributed by atoms with E-state index in [2.05, 4.69) is 20.8 Å². The fraction of sp³-hybridized carbons (Fsp3) is 0.304. The smallest absolute Gasteiger partial charge is 0.251 e. The summed E-state index contributed by atoms with van der Waals surface area (Å²) in [6.45, 7) is 6.38. The van der Waals surface area contributed by atoms with Crippen molar-refractivity contribution in [1.82, 2.24) is 20.1 Å². The summed E-state index contributed by atoms with van der Waals surface area (Å²) in [5.74, 6) is -0.564. The molecule has 1 aromatic heterocycles. The molecule has 12 heteroatoms. The monoisotopic (exact) mass is 557 g/mol. The largest absolute Gasteiger partial charge is 0.342 e.